The zero-order chi connectivity index (χ0) is 12.3. The van der Waals surface area contributed by atoms with Gasteiger partial charge in [0, 0.05) is 0 Å². The first-order valence-electron chi connectivity index (χ1n) is 6.44. The minimum Gasteiger partial charge on any atom is -0.205 e. The smallest absolute Gasteiger partial charge is 0.144 e. The van der Waals surface area contributed by atoms with E-state index in [-0.39, 0.29) is 11.4 Å². The summed E-state index contributed by atoms with van der Waals surface area (Å²) in [6.45, 7) is 2.22. The van der Waals surface area contributed by atoms with Gasteiger partial charge in [-0.25, -0.2) is 4.39 Å². The summed E-state index contributed by atoms with van der Waals surface area (Å²) in [5.41, 5.74) is 0.929. The number of benzene rings is 1. The molecule has 0 bridgehead atoms. The largest absolute Gasteiger partial charge is 0.205 e. The molecular weight excluding hydrogens is 213 g/mol. The monoisotopic (exact) mass is 231 g/mol. The summed E-state index contributed by atoms with van der Waals surface area (Å²) in [6, 6.07) is 7.11. The molecule has 0 aromatic heterocycles. The second-order valence-electron chi connectivity index (χ2n) is 4.95. The molecule has 0 saturated heterocycles. The summed E-state index contributed by atoms with van der Waals surface area (Å²) >= 11 is 0. The first kappa shape index (κ1) is 12.1. The van der Waals surface area contributed by atoms with Crippen molar-refractivity contribution in [2.24, 2.45) is 5.92 Å². The zero-order valence-electron chi connectivity index (χ0n) is 10.2. The van der Waals surface area contributed by atoms with Gasteiger partial charge in [-0.15, -0.1) is 0 Å². The third-order valence-corrected chi connectivity index (χ3v) is 4.01. The van der Waals surface area contributed by atoms with Crippen molar-refractivity contribution in [2.75, 3.05) is 0 Å². The minimum atomic E-state index is -0.296. The predicted octanol–water partition coefficient (Wildman–Crippen LogP) is 4.38. The van der Waals surface area contributed by atoms with Crippen molar-refractivity contribution in [3.8, 4) is 6.07 Å². The molecule has 1 saturated carbocycles. The molecule has 1 aliphatic rings. The molecule has 0 N–H and O–H groups in total. The van der Waals surface area contributed by atoms with E-state index >= 15 is 0 Å². The van der Waals surface area contributed by atoms with Crippen molar-refractivity contribution >= 4 is 0 Å². The van der Waals surface area contributed by atoms with Crippen molar-refractivity contribution in [2.45, 2.75) is 44.9 Å². The number of nitriles is 1. The average molecular weight is 231 g/mol. The standard InChI is InChI=1S/C15H18FN/c1-2-11-6-8-12(9-7-11)14-5-3-4-13(10-17)15(14)16/h3-5,11-12H,2,6-9H2,1H3. The van der Waals surface area contributed by atoms with Crippen molar-refractivity contribution in [1.82, 2.24) is 0 Å². The third kappa shape index (κ3) is 2.49. The van der Waals surface area contributed by atoms with E-state index in [9.17, 15) is 4.39 Å². The second kappa shape index (κ2) is 5.31. The van der Waals surface area contributed by atoms with Gasteiger partial charge in [0.15, 0.2) is 0 Å². The minimum absolute atomic E-state index is 0.181. The van der Waals surface area contributed by atoms with Crippen molar-refractivity contribution in [3.05, 3.63) is 35.1 Å². The molecule has 1 aliphatic carbocycles. The van der Waals surface area contributed by atoms with Crippen LogP contribution in [0.4, 0.5) is 4.39 Å². The summed E-state index contributed by atoms with van der Waals surface area (Å²) in [4.78, 5) is 0. The van der Waals surface area contributed by atoms with E-state index in [2.05, 4.69) is 6.92 Å². The molecule has 0 heterocycles. The summed E-state index contributed by atoms with van der Waals surface area (Å²) in [6.07, 6.45) is 5.73. The molecule has 0 amide bonds. The molecule has 0 spiro atoms. The highest BCUT2D eigenvalue weighted by Crippen LogP contribution is 2.38. The van der Waals surface area contributed by atoms with Crippen LogP contribution < -0.4 is 0 Å². The first-order chi connectivity index (χ1) is 8.26. The molecular formula is C15H18FN. The predicted molar refractivity (Wildman–Crippen MR) is 66.1 cm³/mol. The van der Waals surface area contributed by atoms with Gasteiger partial charge in [0.25, 0.3) is 0 Å². The van der Waals surface area contributed by atoms with E-state index in [0.717, 1.165) is 24.3 Å². The molecule has 0 unspecified atom stereocenters. The Morgan fingerprint density at radius 2 is 2.00 bits per heavy atom. The van der Waals surface area contributed by atoms with Gasteiger partial charge in [-0.05, 0) is 49.1 Å². The lowest BCUT2D eigenvalue weighted by atomic mass is 9.77. The molecule has 2 rings (SSSR count). The van der Waals surface area contributed by atoms with Crippen LogP contribution in [0.2, 0.25) is 0 Å². The molecule has 2 heteroatoms. The quantitative estimate of drug-likeness (QED) is 0.741. The highest BCUT2D eigenvalue weighted by Gasteiger charge is 2.24. The second-order valence-corrected chi connectivity index (χ2v) is 4.95. The van der Waals surface area contributed by atoms with Crippen molar-refractivity contribution in [3.63, 3.8) is 0 Å². The van der Waals surface area contributed by atoms with Gasteiger partial charge in [-0.2, -0.15) is 5.26 Å². The van der Waals surface area contributed by atoms with Crippen LogP contribution in [-0.4, -0.2) is 0 Å². The maximum Gasteiger partial charge on any atom is 0.144 e. The fourth-order valence-electron chi connectivity index (χ4n) is 2.83. The highest BCUT2D eigenvalue weighted by atomic mass is 19.1. The van der Waals surface area contributed by atoms with E-state index in [1.165, 1.54) is 19.3 Å². The Morgan fingerprint density at radius 3 is 2.59 bits per heavy atom. The summed E-state index contributed by atoms with van der Waals surface area (Å²) in [5, 5.41) is 8.83. The zero-order valence-corrected chi connectivity index (χ0v) is 10.2. The maximum absolute atomic E-state index is 14.0. The Labute approximate surface area is 102 Å². The van der Waals surface area contributed by atoms with Crippen LogP contribution in [0.3, 0.4) is 0 Å². The van der Waals surface area contributed by atoms with Crippen LogP contribution in [0.5, 0.6) is 0 Å². The van der Waals surface area contributed by atoms with E-state index < -0.39 is 0 Å². The van der Waals surface area contributed by atoms with E-state index in [4.69, 9.17) is 5.26 Å². The Balaban J connectivity index is 2.16. The van der Waals surface area contributed by atoms with E-state index in [1.54, 1.807) is 12.1 Å². The van der Waals surface area contributed by atoms with Gasteiger partial charge in [0.1, 0.15) is 11.9 Å². The molecule has 0 radical (unpaired) electrons. The number of hydrogen-bond acceptors (Lipinski definition) is 1. The normalized spacial score (nSPS) is 24.3. The van der Waals surface area contributed by atoms with Crippen LogP contribution in [0.1, 0.15) is 56.1 Å². The van der Waals surface area contributed by atoms with Crippen LogP contribution in [0.15, 0.2) is 18.2 Å². The Hall–Kier alpha value is -1.36. The topological polar surface area (TPSA) is 23.8 Å². The molecule has 17 heavy (non-hydrogen) atoms. The maximum atomic E-state index is 14.0. The van der Waals surface area contributed by atoms with E-state index in [1.807, 2.05) is 12.1 Å². The Kier molecular flexibility index (Phi) is 3.78. The fourth-order valence-corrected chi connectivity index (χ4v) is 2.83. The van der Waals surface area contributed by atoms with E-state index in [0.29, 0.717) is 5.92 Å². The van der Waals surface area contributed by atoms with Crippen LogP contribution in [0, 0.1) is 23.1 Å². The lowest BCUT2D eigenvalue weighted by Crippen LogP contribution is -2.14. The lowest BCUT2D eigenvalue weighted by Gasteiger charge is -2.28. The third-order valence-electron chi connectivity index (χ3n) is 4.01. The molecule has 1 aromatic carbocycles. The van der Waals surface area contributed by atoms with Gasteiger partial charge < -0.3 is 0 Å². The van der Waals surface area contributed by atoms with Crippen LogP contribution in [0.25, 0.3) is 0 Å². The SMILES string of the molecule is CCC1CCC(c2cccc(C#N)c2F)CC1. The molecule has 0 aliphatic heterocycles. The van der Waals surface area contributed by atoms with Gasteiger partial charge in [-0.1, -0.05) is 25.5 Å². The summed E-state index contributed by atoms with van der Waals surface area (Å²) in [7, 11) is 0. The molecule has 90 valence electrons. The molecule has 1 fully saturated rings. The average Bonchev–Trinajstić information content (AvgIpc) is 2.39. The van der Waals surface area contributed by atoms with Gasteiger partial charge >= 0.3 is 0 Å². The number of nitrogens with zero attached hydrogens (tertiary/aromatic N) is 1. The number of hydrogen-bond donors (Lipinski definition) is 0. The van der Waals surface area contributed by atoms with Crippen LogP contribution >= 0.6 is 0 Å². The Bertz CT molecular complexity index is 425. The van der Waals surface area contributed by atoms with Gasteiger partial charge in [-0.3, -0.25) is 0 Å². The fraction of sp³-hybridized carbons (Fsp3) is 0.533. The number of rotatable bonds is 2. The summed E-state index contributed by atoms with van der Waals surface area (Å²) in [5.74, 6) is 0.828. The van der Waals surface area contributed by atoms with Crippen molar-refractivity contribution in [1.29, 1.82) is 5.26 Å². The molecule has 1 aromatic rings. The number of halogens is 1. The Morgan fingerprint density at radius 1 is 1.29 bits per heavy atom. The first-order valence-corrected chi connectivity index (χ1v) is 6.44. The molecule has 1 nitrogen and oxygen atoms in total. The van der Waals surface area contributed by atoms with Crippen LogP contribution in [-0.2, 0) is 0 Å². The highest BCUT2D eigenvalue weighted by molar-refractivity contribution is 5.36. The van der Waals surface area contributed by atoms with Crippen molar-refractivity contribution < 1.29 is 4.39 Å². The van der Waals surface area contributed by atoms with Gasteiger partial charge in [0.05, 0.1) is 5.56 Å². The summed E-state index contributed by atoms with van der Waals surface area (Å²) < 4.78 is 14.0. The lowest BCUT2D eigenvalue weighted by molar-refractivity contribution is 0.314. The van der Waals surface area contributed by atoms with Gasteiger partial charge in [0.2, 0.25) is 0 Å². The molecule has 0 atom stereocenters.